The van der Waals surface area contributed by atoms with Crippen LogP contribution in [0.1, 0.15) is 48.4 Å². The van der Waals surface area contributed by atoms with Crippen molar-refractivity contribution in [2.75, 3.05) is 6.54 Å². The first-order valence-corrected chi connectivity index (χ1v) is 13.3. The Bertz CT molecular complexity index is 1450. The second-order valence-electron chi connectivity index (χ2n) is 9.09. The third-order valence-corrected chi connectivity index (χ3v) is 8.37. The fourth-order valence-corrected chi connectivity index (χ4v) is 6.17. The Kier molecular flexibility index (Phi) is 7.33. The Balaban J connectivity index is 1.73. The summed E-state index contributed by atoms with van der Waals surface area (Å²) in [6, 6.07) is 15.4. The molecule has 36 heavy (non-hydrogen) atoms. The Morgan fingerprint density at radius 3 is 2.56 bits per heavy atom. The van der Waals surface area contributed by atoms with Crippen molar-refractivity contribution >= 4 is 16.0 Å². The van der Waals surface area contributed by atoms with Crippen LogP contribution in [0.4, 0.5) is 0 Å². The van der Waals surface area contributed by atoms with E-state index in [0.717, 1.165) is 11.1 Å². The van der Waals surface area contributed by atoms with Gasteiger partial charge in [0.05, 0.1) is 13.0 Å². The van der Waals surface area contributed by atoms with Gasteiger partial charge in [-0.15, -0.1) is 0 Å². The molecule has 2 heterocycles. The van der Waals surface area contributed by atoms with E-state index >= 15 is 0 Å². The molecule has 0 radical (unpaired) electrons. The van der Waals surface area contributed by atoms with Gasteiger partial charge in [-0.2, -0.15) is 4.31 Å². The smallest absolute Gasteiger partial charge is 0.304 e. The number of hydrogen-bond donors (Lipinski definition) is 1. The molecule has 2 aromatic carbocycles. The SMILES string of the molecule is CCn1ccc(C(CC(=O)O)c2ccc(C)c(CN3C[C@@H](C)Oc4ccccc4S3(=O)=O)c2)cc1=O. The van der Waals surface area contributed by atoms with Gasteiger partial charge in [0.25, 0.3) is 5.56 Å². The normalized spacial score (nSPS) is 18.0. The summed E-state index contributed by atoms with van der Waals surface area (Å²) >= 11 is 0. The number of benzene rings is 2. The molecule has 3 aromatic rings. The zero-order valence-electron chi connectivity index (χ0n) is 20.5. The van der Waals surface area contributed by atoms with Gasteiger partial charge in [-0.1, -0.05) is 30.3 Å². The summed E-state index contributed by atoms with van der Waals surface area (Å²) in [7, 11) is -3.81. The first-order valence-electron chi connectivity index (χ1n) is 11.9. The van der Waals surface area contributed by atoms with E-state index in [4.69, 9.17) is 4.74 Å². The number of nitrogens with zero attached hydrogens (tertiary/aromatic N) is 2. The van der Waals surface area contributed by atoms with Gasteiger partial charge < -0.3 is 14.4 Å². The maximum atomic E-state index is 13.5. The lowest BCUT2D eigenvalue weighted by Gasteiger charge is -2.24. The van der Waals surface area contributed by atoms with Gasteiger partial charge in [0.1, 0.15) is 16.7 Å². The molecule has 1 aliphatic heterocycles. The van der Waals surface area contributed by atoms with E-state index in [1.165, 1.54) is 10.4 Å². The summed E-state index contributed by atoms with van der Waals surface area (Å²) in [6.45, 7) is 6.40. The molecule has 1 aliphatic rings. The minimum atomic E-state index is -3.81. The zero-order chi connectivity index (χ0) is 26.0. The average Bonchev–Trinajstić information content (AvgIpc) is 2.92. The summed E-state index contributed by atoms with van der Waals surface area (Å²) in [6.07, 6.45) is 1.12. The van der Waals surface area contributed by atoms with Crippen LogP contribution in [0, 0.1) is 6.92 Å². The van der Waals surface area contributed by atoms with Gasteiger partial charge in [-0.3, -0.25) is 9.59 Å². The molecule has 9 heteroatoms. The van der Waals surface area contributed by atoms with Gasteiger partial charge in [-0.25, -0.2) is 8.42 Å². The van der Waals surface area contributed by atoms with E-state index in [-0.39, 0.29) is 36.1 Å². The molecule has 2 atom stereocenters. The van der Waals surface area contributed by atoms with Crippen LogP contribution in [0.5, 0.6) is 5.75 Å². The monoisotopic (exact) mass is 510 g/mol. The molecule has 0 saturated carbocycles. The molecule has 0 saturated heterocycles. The van der Waals surface area contributed by atoms with Crippen LogP contribution in [-0.2, 0) is 27.9 Å². The molecule has 1 aromatic heterocycles. The van der Waals surface area contributed by atoms with E-state index in [1.807, 2.05) is 39.0 Å². The van der Waals surface area contributed by atoms with Gasteiger partial charge in [0.2, 0.25) is 10.0 Å². The topological polar surface area (TPSA) is 106 Å². The number of fused-ring (bicyclic) bond motifs is 1. The number of hydrogen-bond acceptors (Lipinski definition) is 5. The van der Waals surface area contributed by atoms with E-state index in [9.17, 15) is 23.1 Å². The third-order valence-electron chi connectivity index (χ3n) is 6.52. The Morgan fingerprint density at radius 1 is 1.14 bits per heavy atom. The molecule has 1 unspecified atom stereocenters. The highest BCUT2D eigenvalue weighted by atomic mass is 32.2. The maximum Gasteiger partial charge on any atom is 0.304 e. The number of aliphatic carboxylic acids is 1. The number of carboxylic acid groups (broad SMARTS) is 1. The number of rotatable bonds is 7. The van der Waals surface area contributed by atoms with Crippen LogP contribution in [-0.4, -0.2) is 41.0 Å². The van der Waals surface area contributed by atoms with Crippen molar-refractivity contribution < 1.29 is 23.1 Å². The van der Waals surface area contributed by atoms with Crippen molar-refractivity contribution in [1.29, 1.82) is 0 Å². The number of carboxylic acids is 1. The van der Waals surface area contributed by atoms with Crippen LogP contribution in [0.25, 0.3) is 0 Å². The van der Waals surface area contributed by atoms with Crippen molar-refractivity contribution in [3.8, 4) is 5.75 Å². The molecule has 190 valence electrons. The van der Waals surface area contributed by atoms with Crippen LogP contribution in [0.2, 0.25) is 0 Å². The molecular weight excluding hydrogens is 480 g/mol. The van der Waals surface area contributed by atoms with E-state index in [0.29, 0.717) is 23.4 Å². The number of carbonyl (C=O) groups is 1. The van der Waals surface area contributed by atoms with Crippen LogP contribution in [0.15, 0.2) is 70.5 Å². The standard InChI is InChI=1S/C27H30N2O6S/c1-4-28-12-11-21(14-26(28)30)23(15-27(31)32)20-10-9-18(2)22(13-20)17-29-16-19(3)35-24-7-5-6-8-25(24)36(29,33)34/h5-14,19,23H,4,15-17H2,1-3H3,(H,31,32)/t19-,23?/m1/s1. The lowest BCUT2D eigenvalue weighted by Crippen LogP contribution is -2.35. The van der Waals surface area contributed by atoms with Crippen molar-refractivity contribution in [1.82, 2.24) is 8.87 Å². The summed E-state index contributed by atoms with van der Waals surface area (Å²) in [5.41, 5.74) is 2.78. The fourth-order valence-electron chi connectivity index (χ4n) is 4.56. The zero-order valence-corrected chi connectivity index (χ0v) is 21.4. The number of pyridine rings is 1. The largest absolute Gasteiger partial charge is 0.488 e. The molecule has 0 amide bonds. The third kappa shape index (κ3) is 5.22. The Hall–Kier alpha value is -3.43. The van der Waals surface area contributed by atoms with Crippen molar-refractivity contribution in [2.24, 2.45) is 0 Å². The number of para-hydroxylation sites is 1. The number of sulfonamides is 1. The maximum absolute atomic E-state index is 13.5. The Morgan fingerprint density at radius 2 is 1.86 bits per heavy atom. The lowest BCUT2D eigenvalue weighted by atomic mass is 9.87. The minimum Gasteiger partial charge on any atom is -0.488 e. The molecule has 0 spiro atoms. The molecule has 8 nitrogen and oxygen atoms in total. The fraction of sp³-hybridized carbons (Fsp3) is 0.333. The van der Waals surface area contributed by atoms with Gasteiger partial charge in [0, 0.05) is 31.3 Å². The van der Waals surface area contributed by atoms with Gasteiger partial charge in [-0.05, 0) is 61.2 Å². The molecule has 0 fully saturated rings. The first-order chi connectivity index (χ1) is 17.1. The molecular formula is C27H30N2O6S. The van der Waals surface area contributed by atoms with Crippen LogP contribution >= 0.6 is 0 Å². The van der Waals surface area contributed by atoms with Gasteiger partial charge >= 0.3 is 5.97 Å². The molecule has 0 bridgehead atoms. The summed E-state index contributed by atoms with van der Waals surface area (Å²) < 4.78 is 35.8. The highest BCUT2D eigenvalue weighted by Gasteiger charge is 2.33. The van der Waals surface area contributed by atoms with E-state index < -0.39 is 21.9 Å². The number of ether oxygens (including phenoxy) is 1. The molecule has 4 rings (SSSR count). The van der Waals surface area contributed by atoms with Crippen LogP contribution < -0.4 is 10.3 Å². The van der Waals surface area contributed by atoms with E-state index in [1.54, 1.807) is 41.1 Å². The van der Waals surface area contributed by atoms with Crippen molar-refractivity contribution in [3.63, 3.8) is 0 Å². The Labute approximate surface area is 210 Å². The predicted molar refractivity (Wildman–Crippen MR) is 136 cm³/mol. The minimum absolute atomic E-state index is 0.112. The van der Waals surface area contributed by atoms with E-state index in [2.05, 4.69) is 0 Å². The predicted octanol–water partition coefficient (Wildman–Crippen LogP) is 3.76. The highest BCUT2D eigenvalue weighted by Crippen LogP contribution is 2.33. The molecule has 0 aliphatic carbocycles. The average molecular weight is 511 g/mol. The molecule has 1 N–H and O–H groups in total. The highest BCUT2D eigenvalue weighted by molar-refractivity contribution is 7.89. The first kappa shape index (κ1) is 25.7. The number of aromatic nitrogens is 1. The summed E-state index contributed by atoms with van der Waals surface area (Å²) in [5, 5.41) is 9.60. The second kappa shape index (κ2) is 10.3. The quantitative estimate of drug-likeness (QED) is 0.519. The van der Waals surface area contributed by atoms with Crippen LogP contribution in [0.3, 0.4) is 0 Å². The second-order valence-corrected chi connectivity index (χ2v) is 11.0. The van der Waals surface area contributed by atoms with Gasteiger partial charge in [0.15, 0.2) is 0 Å². The summed E-state index contributed by atoms with van der Waals surface area (Å²) in [4.78, 5) is 24.3. The lowest BCUT2D eigenvalue weighted by molar-refractivity contribution is -0.137. The summed E-state index contributed by atoms with van der Waals surface area (Å²) in [5.74, 6) is -1.20. The number of aryl methyl sites for hydroxylation is 2. The van der Waals surface area contributed by atoms with Crippen molar-refractivity contribution in [2.45, 2.75) is 57.2 Å². The van der Waals surface area contributed by atoms with Crippen molar-refractivity contribution in [3.05, 3.63) is 93.4 Å².